The lowest BCUT2D eigenvalue weighted by Gasteiger charge is -2.15. The molecule has 1 aromatic rings. The van der Waals surface area contributed by atoms with Gasteiger partial charge in [0.1, 0.15) is 11.3 Å². The van der Waals surface area contributed by atoms with Crippen molar-refractivity contribution in [3.63, 3.8) is 0 Å². The van der Waals surface area contributed by atoms with Gasteiger partial charge < -0.3 is 14.9 Å². The lowest BCUT2D eigenvalue weighted by atomic mass is 10.1. The highest BCUT2D eigenvalue weighted by atomic mass is 16.5. The monoisotopic (exact) mass is 226 g/mol. The lowest BCUT2D eigenvalue weighted by Crippen LogP contribution is -2.35. The van der Waals surface area contributed by atoms with Gasteiger partial charge in [0.2, 0.25) is 0 Å². The van der Waals surface area contributed by atoms with Gasteiger partial charge in [-0.3, -0.25) is 4.79 Å². The van der Waals surface area contributed by atoms with E-state index in [1.54, 1.807) is 20.8 Å². The summed E-state index contributed by atoms with van der Waals surface area (Å²) in [5.41, 5.74) is 1.07. The van der Waals surface area contributed by atoms with Crippen LogP contribution in [0.2, 0.25) is 0 Å². The van der Waals surface area contributed by atoms with Gasteiger partial charge in [-0.2, -0.15) is 0 Å². The number of aliphatic hydroxyl groups excluding tert-OH is 1. The summed E-state index contributed by atoms with van der Waals surface area (Å²) in [5, 5.41) is 15.7. The molecule has 0 fully saturated rings. The first kappa shape index (κ1) is 12.7. The molecule has 0 aliphatic carbocycles. The number of carbonyl (C=O) groups is 1. The third kappa shape index (κ3) is 3.06. The van der Waals surface area contributed by atoms with Crippen LogP contribution in [0.5, 0.6) is 0 Å². The van der Waals surface area contributed by atoms with E-state index >= 15 is 0 Å². The quantitative estimate of drug-likeness (QED) is 0.808. The molecule has 1 aromatic heterocycles. The highest BCUT2D eigenvalue weighted by Gasteiger charge is 2.19. The summed E-state index contributed by atoms with van der Waals surface area (Å²) in [4.78, 5) is 11.8. The van der Waals surface area contributed by atoms with Gasteiger partial charge in [-0.05, 0) is 34.1 Å². The number of aryl methyl sites for hydroxylation is 2. The number of amides is 1. The Morgan fingerprint density at radius 1 is 1.50 bits per heavy atom. The van der Waals surface area contributed by atoms with Gasteiger partial charge in [-0.15, -0.1) is 0 Å². The normalized spacial score (nSPS) is 14.6. The number of nitrogens with one attached hydrogen (secondary N) is 1. The van der Waals surface area contributed by atoms with Gasteiger partial charge in [0.25, 0.3) is 5.91 Å². The molecule has 0 radical (unpaired) electrons. The fraction of sp³-hybridized carbons (Fsp3) is 0.636. The first-order valence-corrected chi connectivity index (χ1v) is 5.33. The minimum atomic E-state index is -0.431. The Hall–Kier alpha value is -1.36. The highest BCUT2D eigenvalue weighted by Crippen LogP contribution is 2.12. The largest absolute Gasteiger partial charge is 0.393 e. The van der Waals surface area contributed by atoms with E-state index < -0.39 is 6.10 Å². The van der Waals surface area contributed by atoms with E-state index in [-0.39, 0.29) is 11.9 Å². The predicted octanol–water partition coefficient (Wildman–Crippen LogP) is 1.18. The van der Waals surface area contributed by atoms with E-state index in [1.165, 1.54) is 0 Å². The molecule has 1 rings (SSSR count). The molecular weight excluding hydrogens is 208 g/mol. The zero-order valence-corrected chi connectivity index (χ0v) is 10.1. The maximum Gasteiger partial charge on any atom is 0.257 e. The molecule has 5 heteroatoms. The molecule has 0 bridgehead atoms. The molecule has 0 spiro atoms. The van der Waals surface area contributed by atoms with Crippen LogP contribution >= 0.6 is 0 Å². The van der Waals surface area contributed by atoms with Crippen molar-refractivity contribution >= 4 is 5.91 Å². The van der Waals surface area contributed by atoms with Crippen LogP contribution in [-0.2, 0) is 0 Å². The summed E-state index contributed by atoms with van der Waals surface area (Å²) in [7, 11) is 0. The van der Waals surface area contributed by atoms with Crippen molar-refractivity contribution in [1.82, 2.24) is 10.5 Å². The first-order chi connectivity index (χ1) is 7.41. The molecule has 1 heterocycles. The molecular formula is C11H18N2O3. The molecule has 90 valence electrons. The Morgan fingerprint density at radius 3 is 2.56 bits per heavy atom. The number of hydrogen-bond donors (Lipinski definition) is 2. The van der Waals surface area contributed by atoms with Crippen LogP contribution in [0.3, 0.4) is 0 Å². The predicted molar refractivity (Wildman–Crippen MR) is 59.2 cm³/mol. The molecule has 0 saturated carbocycles. The van der Waals surface area contributed by atoms with Crippen molar-refractivity contribution < 1.29 is 14.4 Å². The van der Waals surface area contributed by atoms with Crippen molar-refractivity contribution in [1.29, 1.82) is 0 Å². The fourth-order valence-corrected chi connectivity index (χ4v) is 1.67. The van der Waals surface area contributed by atoms with Gasteiger partial charge >= 0.3 is 0 Å². The standard InChI is InChI=1S/C11H18N2O3/c1-6(5-7(2)14)12-11(15)10-8(3)13-16-9(10)4/h6-7,14H,5H2,1-4H3,(H,12,15). The maximum atomic E-state index is 11.8. The zero-order chi connectivity index (χ0) is 12.3. The molecule has 2 unspecified atom stereocenters. The van der Waals surface area contributed by atoms with Gasteiger partial charge in [-0.25, -0.2) is 0 Å². The fourth-order valence-electron chi connectivity index (χ4n) is 1.67. The number of hydrogen-bond acceptors (Lipinski definition) is 4. The van der Waals surface area contributed by atoms with Crippen LogP contribution in [0.4, 0.5) is 0 Å². The smallest absolute Gasteiger partial charge is 0.257 e. The van der Waals surface area contributed by atoms with Gasteiger partial charge in [0.15, 0.2) is 0 Å². The third-order valence-electron chi connectivity index (χ3n) is 2.33. The molecule has 0 aliphatic heterocycles. The summed E-state index contributed by atoms with van der Waals surface area (Å²) in [5.74, 6) is 0.309. The molecule has 2 atom stereocenters. The lowest BCUT2D eigenvalue weighted by molar-refractivity contribution is 0.0921. The van der Waals surface area contributed by atoms with E-state index in [0.717, 1.165) is 0 Å². The van der Waals surface area contributed by atoms with Crippen molar-refractivity contribution in [3.8, 4) is 0 Å². The number of aromatic nitrogens is 1. The first-order valence-electron chi connectivity index (χ1n) is 5.33. The van der Waals surface area contributed by atoms with Crippen LogP contribution in [0.1, 0.15) is 42.1 Å². The summed E-state index contributed by atoms with van der Waals surface area (Å²) >= 11 is 0. The van der Waals surface area contributed by atoms with Crippen LogP contribution in [-0.4, -0.2) is 28.3 Å². The molecule has 2 N–H and O–H groups in total. The van der Waals surface area contributed by atoms with Gasteiger partial charge in [-0.1, -0.05) is 5.16 Å². The van der Waals surface area contributed by atoms with Gasteiger partial charge in [0, 0.05) is 6.04 Å². The average Bonchev–Trinajstić information content (AvgIpc) is 2.44. The second-order valence-corrected chi connectivity index (χ2v) is 4.16. The van der Waals surface area contributed by atoms with E-state index in [2.05, 4.69) is 10.5 Å². The third-order valence-corrected chi connectivity index (χ3v) is 2.33. The Balaban J connectivity index is 2.66. The average molecular weight is 226 g/mol. The van der Waals surface area contributed by atoms with E-state index in [1.807, 2.05) is 6.92 Å². The van der Waals surface area contributed by atoms with E-state index in [0.29, 0.717) is 23.4 Å². The Labute approximate surface area is 94.8 Å². The SMILES string of the molecule is Cc1noc(C)c1C(=O)NC(C)CC(C)O. The van der Waals surface area contributed by atoms with Crippen LogP contribution in [0.25, 0.3) is 0 Å². The molecule has 0 saturated heterocycles. The van der Waals surface area contributed by atoms with E-state index in [4.69, 9.17) is 4.52 Å². The summed E-state index contributed by atoms with van der Waals surface area (Å²) < 4.78 is 4.92. The molecule has 5 nitrogen and oxygen atoms in total. The molecule has 1 amide bonds. The number of carbonyl (C=O) groups excluding carboxylic acids is 1. The van der Waals surface area contributed by atoms with Crippen LogP contribution < -0.4 is 5.32 Å². The second-order valence-electron chi connectivity index (χ2n) is 4.16. The Bertz CT molecular complexity index is 352. The summed E-state index contributed by atoms with van der Waals surface area (Å²) in [6.07, 6.45) is 0.0923. The minimum absolute atomic E-state index is 0.0822. The number of nitrogens with zero attached hydrogens (tertiary/aromatic N) is 1. The molecule has 0 aliphatic rings. The van der Waals surface area contributed by atoms with Gasteiger partial charge in [0.05, 0.1) is 11.8 Å². The molecule has 0 aromatic carbocycles. The van der Waals surface area contributed by atoms with Crippen molar-refractivity contribution in [2.24, 2.45) is 0 Å². The summed E-state index contributed by atoms with van der Waals surface area (Å²) in [6, 6.07) is -0.0822. The maximum absolute atomic E-state index is 11.8. The second kappa shape index (κ2) is 5.12. The van der Waals surface area contributed by atoms with Crippen molar-refractivity contribution in [2.75, 3.05) is 0 Å². The Kier molecular flexibility index (Phi) is 4.06. The van der Waals surface area contributed by atoms with Crippen LogP contribution in [0.15, 0.2) is 4.52 Å². The number of rotatable bonds is 4. The highest BCUT2D eigenvalue weighted by molar-refractivity contribution is 5.96. The topological polar surface area (TPSA) is 75.4 Å². The van der Waals surface area contributed by atoms with Crippen LogP contribution in [0, 0.1) is 13.8 Å². The number of aliphatic hydroxyl groups is 1. The molecule has 16 heavy (non-hydrogen) atoms. The van der Waals surface area contributed by atoms with Crippen molar-refractivity contribution in [2.45, 2.75) is 46.3 Å². The summed E-state index contributed by atoms with van der Waals surface area (Å²) in [6.45, 7) is 6.97. The zero-order valence-electron chi connectivity index (χ0n) is 10.1. The Morgan fingerprint density at radius 2 is 2.12 bits per heavy atom. The minimum Gasteiger partial charge on any atom is -0.393 e. The van der Waals surface area contributed by atoms with E-state index in [9.17, 15) is 9.90 Å². The van der Waals surface area contributed by atoms with Crippen molar-refractivity contribution in [3.05, 3.63) is 17.0 Å².